The molecular formula is C18H19Cl2NO3. The van der Waals surface area contributed by atoms with Crippen molar-refractivity contribution < 1.29 is 14.3 Å². The number of carbonyl (C=O) groups is 1. The van der Waals surface area contributed by atoms with Gasteiger partial charge in [-0.1, -0.05) is 29.3 Å². The summed E-state index contributed by atoms with van der Waals surface area (Å²) in [6.07, 6.45) is 0. The van der Waals surface area contributed by atoms with Gasteiger partial charge < -0.3 is 14.8 Å². The van der Waals surface area contributed by atoms with Crippen LogP contribution in [0.15, 0.2) is 36.4 Å². The maximum absolute atomic E-state index is 12.4. The molecule has 0 spiro atoms. The summed E-state index contributed by atoms with van der Waals surface area (Å²) in [6.45, 7) is 3.22. The van der Waals surface area contributed by atoms with Crippen LogP contribution >= 0.6 is 23.2 Å². The molecule has 24 heavy (non-hydrogen) atoms. The van der Waals surface area contributed by atoms with Crippen LogP contribution in [0.5, 0.6) is 5.75 Å². The molecule has 6 heteroatoms. The fourth-order valence-electron chi connectivity index (χ4n) is 2.19. The number of hydrogen-bond acceptors (Lipinski definition) is 3. The molecule has 0 aromatic heterocycles. The summed E-state index contributed by atoms with van der Waals surface area (Å²) in [6, 6.07) is 10.4. The summed E-state index contributed by atoms with van der Waals surface area (Å²) in [5.41, 5.74) is 2.17. The van der Waals surface area contributed by atoms with Crippen molar-refractivity contribution in [3.63, 3.8) is 0 Å². The first-order chi connectivity index (χ1) is 11.5. The second-order valence-corrected chi connectivity index (χ2v) is 5.93. The minimum Gasteiger partial charge on any atom is -0.496 e. The van der Waals surface area contributed by atoms with Crippen LogP contribution in [0.1, 0.15) is 28.4 Å². The minimum atomic E-state index is -0.193. The zero-order chi connectivity index (χ0) is 17.5. The molecule has 0 radical (unpaired) electrons. The van der Waals surface area contributed by atoms with Crippen LogP contribution in [-0.2, 0) is 17.9 Å². The average Bonchev–Trinajstić information content (AvgIpc) is 2.58. The predicted molar refractivity (Wildman–Crippen MR) is 96.0 cm³/mol. The van der Waals surface area contributed by atoms with E-state index in [1.807, 2.05) is 6.92 Å². The van der Waals surface area contributed by atoms with Gasteiger partial charge in [-0.15, -0.1) is 0 Å². The highest BCUT2D eigenvalue weighted by Crippen LogP contribution is 2.22. The molecular weight excluding hydrogens is 349 g/mol. The van der Waals surface area contributed by atoms with Gasteiger partial charge in [-0.3, -0.25) is 4.79 Å². The smallest absolute Gasteiger partial charge is 0.251 e. The van der Waals surface area contributed by atoms with E-state index in [-0.39, 0.29) is 5.91 Å². The predicted octanol–water partition coefficient (Wildman–Crippen LogP) is 4.47. The van der Waals surface area contributed by atoms with Gasteiger partial charge in [0, 0.05) is 34.3 Å². The Hall–Kier alpha value is -1.75. The zero-order valence-electron chi connectivity index (χ0n) is 13.6. The Morgan fingerprint density at radius 1 is 1.12 bits per heavy atom. The van der Waals surface area contributed by atoms with E-state index in [9.17, 15) is 4.79 Å². The normalized spacial score (nSPS) is 10.5. The Labute approximate surface area is 151 Å². The summed E-state index contributed by atoms with van der Waals surface area (Å²) in [5.74, 6) is 0.502. The zero-order valence-corrected chi connectivity index (χ0v) is 15.1. The highest BCUT2D eigenvalue weighted by Gasteiger charge is 2.11. The van der Waals surface area contributed by atoms with E-state index in [0.717, 1.165) is 11.1 Å². The molecule has 2 aromatic carbocycles. The number of hydrogen-bond donors (Lipinski definition) is 1. The Kier molecular flexibility index (Phi) is 6.91. The fraction of sp³-hybridized carbons (Fsp3) is 0.278. The van der Waals surface area contributed by atoms with Crippen molar-refractivity contribution in [1.82, 2.24) is 5.32 Å². The summed E-state index contributed by atoms with van der Waals surface area (Å²) in [5, 5.41) is 3.93. The number of nitrogens with one attached hydrogen (secondary N) is 1. The molecule has 0 aliphatic carbocycles. The van der Waals surface area contributed by atoms with E-state index in [1.165, 1.54) is 0 Å². The number of halogens is 2. The Balaban J connectivity index is 2.08. The lowest BCUT2D eigenvalue weighted by Crippen LogP contribution is -2.23. The van der Waals surface area contributed by atoms with E-state index >= 15 is 0 Å². The maximum Gasteiger partial charge on any atom is 0.251 e. The van der Waals surface area contributed by atoms with E-state index < -0.39 is 0 Å². The molecule has 0 saturated carbocycles. The number of ether oxygens (including phenoxy) is 2. The molecule has 4 nitrogen and oxygen atoms in total. The molecule has 1 amide bonds. The Morgan fingerprint density at radius 3 is 2.58 bits per heavy atom. The van der Waals surface area contributed by atoms with Crippen molar-refractivity contribution in [1.29, 1.82) is 0 Å². The molecule has 0 fully saturated rings. The highest BCUT2D eigenvalue weighted by molar-refractivity contribution is 6.35. The van der Waals surface area contributed by atoms with E-state index in [1.54, 1.807) is 43.5 Å². The van der Waals surface area contributed by atoms with Crippen LogP contribution < -0.4 is 10.1 Å². The molecule has 2 aromatic rings. The molecule has 0 aliphatic heterocycles. The molecule has 1 N–H and O–H groups in total. The molecule has 0 saturated heterocycles. The van der Waals surface area contributed by atoms with Gasteiger partial charge >= 0.3 is 0 Å². The summed E-state index contributed by atoms with van der Waals surface area (Å²) in [4.78, 5) is 12.4. The molecule has 2 rings (SSSR count). The number of amides is 1. The van der Waals surface area contributed by atoms with Crippen molar-refractivity contribution in [3.05, 3.63) is 63.1 Å². The average molecular weight is 368 g/mol. The van der Waals surface area contributed by atoms with Crippen molar-refractivity contribution in [3.8, 4) is 5.75 Å². The molecule has 0 heterocycles. The van der Waals surface area contributed by atoms with Gasteiger partial charge in [0.1, 0.15) is 5.75 Å². The maximum atomic E-state index is 12.4. The van der Waals surface area contributed by atoms with Gasteiger partial charge in [-0.25, -0.2) is 0 Å². The largest absolute Gasteiger partial charge is 0.496 e. The number of benzene rings is 2. The SMILES string of the molecule is CCOCc1cc(C(=O)NCc2ccc(Cl)cc2Cl)ccc1OC. The van der Waals surface area contributed by atoms with Crippen LogP contribution in [0, 0.1) is 0 Å². The van der Waals surface area contributed by atoms with Gasteiger partial charge in [0.2, 0.25) is 0 Å². The van der Waals surface area contributed by atoms with Gasteiger partial charge in [0.05, 0.1) is 13.7 Å². The summed E-state index contributed by atoms with van der Waals surface area (Å²) < 4.78 is 10.7. The quantitative estimate of drug-likeness (QED) is 0.785. The van der Waals surface area contributed by atoms with Crippen LogP contribution in [0.4, 0.5) is 0 Å². The van der Waals surface area contributed by atoms with Crippen LogP contribution in [-0.4, -0.2) is 19.6 Å². The lowest BCUT2D eigenvalue weighted by atomic mass is 10.1. The number of methoxy groups -OCH3 is 1. The third-order valence-electron chi connectivity index (χ3n) is 3.46. The Bertz CT molecular complexity index is 719. The van der Waals surface area contributed by atoms with Gasteiger partial charge in [0.25, 0.3) is 5.91 Å². The van der Waals surface area contributed by atoms with Crippen LogP contribution in [0.3, 0.4) is 0 Å². The van der Waals surface area contributed by atoms with Gasteiger partial charge in [-0.2, -0.15) is 0 Å². The fourth-order valence-corrected chi connectivity index (χ4v) is 2.66. The Morgan fingerprint density at radius 2 is 1.92 bits per heavy atom. The summed E-state index contributed by atoms with van der Waals surface area (Å²) >= 11 is 12.0. The lowest BCUT2D eigenvalue weighted by molar-refractivity contribution is 0.0950. The second-order valence-electron chi connectivity index (χ2n) is 5.08. The highest BCUT2D eigenvalue weighted by atomic mass is 35.5. The standard InChI is InChI=1S/C18H19Cl2NO3/c1-3-24-11-14-8-12(5-7-17(14)23-2)18(22)21-10-13-4-6-15(19)9-16(13)20/h4-9H,3,10-11H2,1-2H3,(H,21,22). The van der Waals surface area contributed by atoms with Crippen LogP contribution in [0.2, 0.25) is 10.0 Å². The van der Waals surface area contributed by atoms with Crippen molar-refractivity contribution in [2.75, 3.05) is 13.7 Å². The monoisotopic (exact) mass is 367 g/mol. The minimum absolute atomic E-state index is 0.193. The van der Waals surface area contributed by atoms with Crippen molar-refractivity contribution in [2.24, 2.45) is 0 Å². The second kappa shape index (κ2) is 8.92. The topological polar surface area (TPSA) is 47.6 Å². The van der Waals surface area contributed by atoms with Crippen LogP contribution in [0.25, 0.3) is 0 Å². The van der Waals surface area contributed by atoms with Crippen molar-refractivity contribution in [2.45, 2.75) is 20.1 Å². The molecule has 0 unspecified atom stereocenters. The number of carbonyl (C=O) groups excluding carboxylic acids is 1. The lowest BCUT2D eigenvalue weighted by Gasteiger charge is -2.12. The molecule has 128 valence electrons. The van der Waals surface area contributed by atoms with Crippen molar-refractivity contribution >= 4 is 29.1 Å². The first kappa shape index (κ1) is 18.6. The van der Waals surface area contributed by atoms with E-state index in [0.29, 0.717) is 41.1 Å². The molecule has 0 atom stereocenters. The van der Waals surface area contributed by atoms with Gasteiger partial charge in [-0.05, 0) is 42.8 Å². The molecule has 0 bridgehead atoms. The first-order valence-corrected chi connectivity index (χ1v) is 8.27. The molecule has 0 aliphatic rings. The number of rotatable bonds is 7. The van der Waals surface area contributed by atoms with E-state index in [4.69, 9.17) is 32.7 Å². The first-order valence-electron chi connectivity index (χ1n) is 7.52. The third kappa shape index (κ3) is 4.87. The third-order valence-corrected chi connectivity index (χ3v) is 4.05. The summed E-state index contributed by atoms with van der Waals surface area (Å²) in [7, 11) is 1.59. The van der Waals surface area contributed by atoms with Gasteiger partial charge in [0.15, 0.2) is 0 Å². The van der Waals surface area contributed by atoms with E-state index in [2.05, 4.69) is 5.32 Å².